The van der Waals surface area contributed by atoms with E-state index in [0.29, 0.717) is 24.5 Å². The van der Waals surface area contributed by atoms with Crippen molar-refractivity contribution < 1.29 is 14.3 Å². The number of fused-ring (bicyclic) bond motifs is 1. The number of ether oxygens (including phenoxy) is 2. The van der Waals surface area contributed by atoms with Crippen molar-refractivity contribution in [2.24, 2.45) is 5.73 Å². The third-order valence-corrected chi connectivity index (χ3v) is 6.70. The van der Waals surface area contributed by atoms with Crippen LogP contribution in [-0.2, 0) is 4.74 Å². The maximum atomic E-state index is 11.6. The molecule has 1 fully saturated rings. The third kappa shape index (κ3) is 5.93. The molecule has 5 rings (SSSR count). The average Bonchev–Trinajstić information content (AvgIpc) is 2.96. The zero-order valence-electron chi connectivity index (χ0n) is 21.7. The minimum Gasteiger partial charge on any atom is -0.494 e. The third-order valence-electron chi connectivity index (χ3n) is 6.70. The summed E-state index contributed by atoms with van der Waals surface area (Å²) in [6.45, 7) is 8.01. The van der Waals surface area contributed by atoms with Crippen LogP contribution >= 0.6 is 0 Å². The molecule has 0 saturated carbocycles. The minimum absolute atomic E-state index is 0.447. The van der Waals surface area contributed by atoms with Crippen molar-refractivity contribution >= 4 is 28.3 Å². The van der Waals surface area contributed by atoms with Crippen LogP contribution in [0.4, 0.5) is 11.5 Å². The van der Waals surface area contributed by atoms with E-state index in [9.17, 15) is 4.79 Å². The molecule has 2 heterocycles. The fourth-order valence-corrected chi connectivity index (χ4v) is 4.68. The fraction of sp³-hybridized carbons (Fsp3) is 0.300. The number of rotatable bonds is 10. The van der Waals surface area contributed by atoms with Crippen molar-refractivity contribution in [3.8, 4) is 17.1 Å². The molecule has 38 heavy (non-hydrogen) atoms. The predicted octanol–water partition coefficient (Wildman–Crippen LogP) is 4.65. The number of nitrogens with two attached hydrogens (primary N) is 1. The van der Waals surface area contributed by atoms with Crippen molar-refractivity contribution in [2.45, 2.75) is 13.3 Å². The first-order valence-corrected chi connectivity index (χ1v) is 13.1. The Labute approximate surface area is 223 Å². The van der Waals surface area contributed by atoms with E-state index in [2.05, 4.69) is 16.7 Å². The number of anilines is 2. The molecule has 1 aliphatic rings. The van der Waals surface area contributed by atoms with Crippen LogP contribution in [0, 0.1) is 0 Å². The second-order valence-corrected chi connectivity index (χ2v) is 9.23. The Bertz CT molecular complexity index is 1390. The molecule has 0 aliphatic carbocycles. The van der Waals surface area contributed by atoms with E-state index >= 15 is 0 Å². The number of carbonyl (C=O) groups is 1. The van der Waals surface area contributed by atoms with E-state index in [0.717, 1.165) is 73.0 Å². The summed E-state index contributed by atoms with van der Waals surface area (Å²) in [5.74, 6) is 1.79. The lowest BCUT2D eigenvalue weighted by Gasteiger charge is -2.26. The van der Waals surface area contributed by atoms with Gasteiger partial charge in [0, 0.05) is 48.4 Å². The summed E-state index contributed by atoms with van der Waals surface area (Å²) in [5.41, 5.74) is 8.58. The summed E-state index contributed by atoms with van der Waals surface area (Å²) in [6, 6.07) is 23.2. The lowest BCUT2D eigenvalue weighted by molar-refractivity contribution is 0.0358. The molecule has 8 heteroatoms. The summed E-state index contributed by atoms with van der Waals surface area (Å²) >= 11 is 0. The van der Waals surface area contributed by atoms with Crippen LogP contribution in [0.25, 0.3) is 22.3 Å². The van der Waals surface area contributed by atoms with Crippen LogP contribution in [-0.4, -0.2) is 66.8 Å². The van der Waals surface area contributed by atoms with Gasteiger partial charge in [-0.2, -0.15) is 0 Å². The van der Waals surface area contributed by atoms with Gasteiger partial charge >= 0.3 is 0 Å². The summed E-state index contributed by atoms with van der Waals surface area (Å²) in [5, 5.41) is 0.951. The zero-order chi connectivity index (χ0) is 26.3. The maximum absolute atomic E-state index is 11.6. The van der Waals surface area contributed by atoms with Gasteiger partial charge in [-0.1, -0.05) is 24.3 Å². The standard InChI is InChI=1S/C30H33N5O3/c1-2-35(24-13-11-22(12-14-24)28(31)36)30-26-9-3-4-10-27(26)32-29(33-30)23-7-5-8-25(21-23)38-18-6-15-34-16-19-37-20-17-34/h3-5,7-14,21H,2,6,15-20H2,1H3,(H2,31,36). The number of amides is 1. The van der Waals surface area contributed by atoms with Crippen molar-refractivity contribution in [1.82, 2.24) is 14.9 Å². The number of nitrogens with zero attached hydrogens (tertiary/aromatic N) is 4. The molecule has 1 aliphatic heterocycles. The van der Waals surface area contributed by atoms with Gasteiger partial charge in [-0.3, -0.25) is 9.69 Å². The monoisotopic (exact) mass is 511 g/mol. The summed E-state index contributed by atoms with van der Waals surface area (Å²) in [4.78, 5) is 26.0. The van der Waals surface area contributed by atoms with Crippen molar-refractivity contribution in [3.05, 3.63) is 78.4 Å². The summed E-state index contributed by atoms with van der Waals surface area (Å²) in [7, 11) is 0. The Hall–Kier alpha value is -4.01. The van der Waals surface area contributed by atoms with Crippen LogP contribution in [0.5, 0.6) is 5.75 Å². The molecule has 0 spiro atoms. The normalized spacial score (nSPS) is 13.9. The molecule has 0 bridgehead atoms. The Morgan fingerprint density at radius 2 is 1.82 bits per heavy atom. The summed E-state index contributed by atoms with van der Waals surface area (Å²) in [6.07, 6.45) is 0.959. The van der Waals surface area contributed by atoms with Gasteiger partial charge in [0.25, 0.3) is 0 Å². The van der Waals surface area contributed by atoms with Crippen LogP contribution in [0.3, 0.4) is 0 Å². The van der Waals surface area contributed by atoms with E-state index in [1.165, 1.54) is 0 Å². The van der Waals surface area contributed by atoms with Crippen molar-refractivity contribution in [2.75, 3.05) is 50.9 Å². The Morgan fingerprint density at radius 1 is 1.03 bits per heavy atom. The first-order valence-electron chi connectivity index (χ1n) is 13.1. The fourth-order valence-electron chi connectivity index (χ4n) is 4.68. The number of morpholine rings is 1. The first-order chi connectivity index (χ1) is 18.6. The summed E-state index contributed by atoms with van der Waals surface area (Å²) < 4.78 is 11.5. The second-order valence-electron chi connectivity index (χ2n) is 9.23. The number of benzene rings is 3. The topological polar surface area (TPSA) is 93.8 Å². The highest BCUT2D eigenvalue weighted by Crippen LogP contribution is 2.33. The van der Waals surface area contributed by atoms with E-state index in [4.69, 9.17) is 25.2 Å². The van der Waals surface area contributed by atoms with Crippen LogP contribution in [0.2, 0.25) is 0 Å². The molecule has 0 atom stereocenters. The molecule has 8 nitrogen and oxygen atoms in total. The highest BCUT2D eigenvalue weighted by molar-refractivity contribution is 5.95. The molecule has 0 unspecified atom stereocenters. The van der Waals surface area contributed by atoms with E-state index < -0.39 is 5.91 Å². The van der Waals surface area contributed by atoms with Gasteiger partial charge in [-0.05, 0) is 61.9 Å². The molecule has 1 saturated heterocycles. The van der Waals surface area contributed by atoms with Gasteiger partial charge in [0.1, 0.15) is 11.6 Å². The van der Waals surface area contributed by atoms with E-state index in [1.54, 1.807) is 12.1 Å². The van der Waals surface area contributed by atoms with Gasteiger partial charge in [0.2, 0.25) is 5.91 Å². The van der Waals surface area contributed by atoms with Crippen LogP contribution in [0.1, 0.15) is 23.7 Å². The van der Waals surface area contributed by atoms with Gasteiger partial charge < -0.3 is 20.1 Å². The number of primary amides is 1. The SMILES string of the molecule is CCN(c1ccc(C(N)=O)cc1)c1nc(-c2cccc(OCCCN3CCOCC3)c2)nc2ccccc12. The van der Waals surface area contributed by atoms with Crippen LogP contribution < -0.4 is 15.4 Å². The Morgan fingerprint density at radius 3 is 2.58 bits per heavy atom. The Balaban J connectivity index is 1.40. The second kappa shape index (κ2) is 12.0. The molecule has 4 aromatic rings. The van der Waals surface area contributed by atoms with Crippen molar-refractivity contribution in [1.29, 1.82) is 0 Å². The predicted molar refractivity (Wildman–Crippen MR) is 150 cm³/mol. The lowest BCUT2D eigenvalue weighted by atomic mass is 10.1. The maximum Gasteiger partial charge on any atom is 0.248 e. The largest absolute Gasteiger partial charge is 0.494 e. The minimum atomic E-state index is -0.447. The van der Waals surface area contributed by atoms with Gasteiger partial charge in [0.05, 0.1) is 25.3 Å². The van der Waals surface area contributed by atoms with Crippen LogP contribution in [0.15, 0.2) is 72.8 Å². The number of aromatic nitrogens is 2. The smallest absolute Gasteiger partial charge is 0.248 e. The molecule has 1 amide bonds. The quantitative estimate of drug-likeness (QED) is 0.310. The molecule has 1 aromatic heterocycles. The number of carbonyl (C=O) groups excluding carboxylic acids is 1. The number of hydrogen-bond donors (Lipinski definition) is 1. The highest BCUT2D eigenvalue weighted by atomic mass is 16.5. The van der Waals surface area contributed by atoms with E-state index in [-0.39, 0.29) is 0 Å². The average molecular weight is 512 g/mol. The molecule has 0 radical (unpaired) electrons. The molecule has 3 aromatic carbocycles. The molecular weight excluding hydrogens is 478 g/mol. The first kappa shape index (κ1) is 25.6. The zero-order valence-corrected chi connectivity index (χ0v) is 21.7. The Kier molecular flexibility index (Phi) is 8.11. The van der Waals surface area contributed by atoms with E-state index in [1.807, 2.05) is 60.7 Å². The lowest BCUT2D eigenvalue weighted by Crippen LogP contribution is -2.37. The highest BCUT2D eigenvalue weighted by Gasteiger charge is 2.17. The number of para-hydroxylation sites is 1. The van der Waals surface area contributed by atoms with Gasteiger partial charge in [-0.15, -0.1) is 0 Å². The molecule has 196 valence electrons. The molecular formula is C30H33N5O3. The molecule has 2 N–H and O–H groups in total. The van der Waals surface area contributed by atoms with Gasteiger partial charge in [-0.25, -0.2) is 9.97 Å². The van der Waals surface area contributed by atoms with Gasteiger partial charge in [0.15, 0.2) is 5.82 Å². The number of hydrogen-bond acceptors (Lipinski definition) is 7. The van der Waals surface area contributed by atoms with Crippen molar-refractivity contribution in [3.63, 3.8) is 0 Å².